The Bertz CT molecular complexity index is 994. The number of amides is 1. The van der Waals surface area contributed by atoms with E-state index < -0.39 is 24.1 Å². The van der Waals surface area contributed by atoms with Crippen LogP contribution in [0.15, 0.2) is 59.0 Å². The number of hydrogen-bond donors (Lipinski definition) is 1. The number of hydrogen-bond acceptors (Lipinski definition) is 4. The predicted octanol–water partition coefficient (Wildman–Crippen LogP) is 4.37. The van der Waals surface area contributed by atoms with E-state index in [0.717, 1.165) is 5.52 Å². The van der Waals surface area contributed by atoms with Gasteiger partial charge < -0.3 is 14.4 Å². The van der Waals surface area contributed by atoms with E-state index in [1.165, 1.54) is 29.2 Å². The first-order valence-corrected chi connectivity index (χ1v) is 9.76. The van der Waals surface area contributed by atoms with Crippen LogP contribution in [0.3, 0.4) is 0 Å². The monoisotopic (exact) mass is 418 g/mol. The lowest BCUT2D eigenvalue weighted by Gasteiger charge is -2.35. The second-order valence-corrected chi connectivity index (χ2v) is 7.58. The molecule has 0 aliphatic carbocycles. The first kappa shape index (κ1) is 20.4. The van der Waals surface area contributed by atoms with Crippen molar-refractivity contribution >= 4 is 17.0 Å². The van der Waals surface area contributed by atoms with Crippen molar-refractivity contribution in [1.82, 2.24) is 9.88 Å². The number of fused-ring (bicyclic) bond motifs is 1. The van der Waals surface area contributed by atoms with Gasteiger partial charge in [-0.3, -0.25) is 4.79 Å². The van der Waals surface area contributed by atoms with Gasteiger partial charge >= 0.3 is 6.18 Å². The van der Waals surface area contributed by atoms with Gasteiger partial charge in [0.1, 0.15) is 5.52 Å². The minimum absolute atomic E-state index is 0.00271. The molecule has 1 aliphatic rings. The molecule has 0 saturated carbocycles. The average Bonchev–Trinajstić information content (AvgIpc) is 3.18. The fourth-order valence-electron chi connectivity index (χ4n) is 3.85. The molecule has 4 rings (SSSR count). The van der Waals surface area contributed by atoms with Crippen LogP contribution in [0.1, 0.15) is 36.6 Å². The number of para-hydroxylation sites is 2. The summed E-state index contributed by atoms with van der Waals surface area (Å²) in [5.74, 6) is -0.147. The molecule has 3 aromatic rings. The number of nitrogens with zero attached hydrogens (tertiary/aromatic N) is 2. The summed E-state index contributed by atoms with van der Waals surface area (Å²) in [5.41, 5.74) is -2.12. The zero-order valence-electron chi connectivity index (χ0n) is 16.1. The number of carbonyl (C=O) groups excluding carboxylic acids is 1. The molecule has 1 amide bonds. The fourth-order valence-corrected chi connectivity index (χ4v) is 3.85. The molecule has 0 radical (unpaired) electrons. The van der Waals surface area contributed by atoms with Gasteiger partial charge in [-0.15, -0.1) is 0 Å². The summed E-state index contributed by atoms with van der Waals surface area (Å²) >= 11 is 0. The highest BCUT2D eigenvalue weighted by molar-refractivity contribution is 5.78. The van der Waals surface area contributed by atoms with Crippen molar-refractivity contribution in [3.63, 3.8) is 0 Å². The molecule has 1 aliphatic heterocycles. The molecule has 1 aromatic heterocycles. The minimum atomic E-state index is -4.97. The lowest BCUT2D eigenvalue weighted by atomic mass is 9.88. The van der Waals surface area contributed by atoms with E-state index >= 15 is 0 Å². The highest BCUT2D eigenvalue weighted by Gasteiger charge is 2.56. The van der Waals surface area contributed by atoms with E-state index in [2.05, 4.69) is 4.98 Å². The third-order valence-corrected chi connectivity index (χ3v) is 5.63. The highest BCUT2D eigenvalue weighted by Crippen LogP contribution is 2.42. The van der Waals surface area contributed by atoms with Gasteiger partial charge in [-0.05, 0) is 30.5 Å². The second-order valence-electron chi connectivity index (χ2n) is 7.58. The van der Waals surface area contributed by atoms with Crippen LogP contribution >= 0.6 is 0 Å². The van der Waals surface area contributed by atoms with E-state index in [9.17, 15) is 23.1 Å². The first-order chi connectivity index (χ1) is 14.3. The number of carbonyl (C=O) groups is 1. The summed E-state index contributed by atoms with van der Waals surface area (Å²) in [6, 6.07) is 14.1. The van der Waals surface area contributed by atoms with Crippen LogP contribution in [0.2, 0.25) is 0 Å². The zero-order chi connectivity index (χ0) is 21.4. The highest BCUT2D eigenvalue weighted by atomic mass is 19.4. The Hall–Kier alpha value is -2.87. The summed E-state index contributed by atoms with van der Waals surface area (Å²) in [6.45, 7) is 0.565. The third-order valence-electron chi connectivity index (χ3n) is 5.63. The van der Waals surface area contributed by atoms with Crippen LogP contribution in [0.25, 0.3) is 11.1 Å². The van der Waals surface area contributed by atoms with Crippen LogP contribution < -0.4 is 0 Å². The van der Waals surface area contributed by atoms with Crippen molar-refractivity contribution in [3.8, 4) is 0 Å². The third kappa shape index (κ3) is 3.79. The Labute approximate surface area is 171 Å². The van der Waals surface area contributed by atoms with Gasteiger partial charge in [0.15, 0.2) is 17.1 Å². The van der Waals surface area contributed by atoms with Crippen LogP contribution in [-0.2, 0) is 10.4 Å². The number of benzene rings is 2. The van der Waals surface area contributed by atoms with Gasteiger partial charge in [0.2, 0.25) is 5.91 Å². The van der Waals surface area contributed by atoms with Gasteiger partial charge in [0.05, 0.1) is 6.42 Å². The fraction of sp³-hybridized carbons (Fsp3) is 0.364. The summed E-state index contributed by atoms with van der Waals surface area (Å²) in [7, 11) is 0. The Morgan fingerprint density at radius 3 is 2.33 bits per heavy atom. The van der Waals surface area contributed by atoms with Crippen molar-refractivity contribution in [2.75, 3.05) is 13.1 Å². The number of aromatic nitrogens is 1. The van der Waals surface area contributed by atoms with Crippen molar-refractivity contribution in [2.24, 2.45) is 0 Å². The van der Waals surface area contributed by atoms with E-state index in [1.54, 1.807) is 6.07 Å². The molecule has 8 heteroatoms. The van der Waals surface area contributed by atoms with E-state index in [-0.39, 0.29) is 24.6 Å². The van der Waals surface area contributed by atoms with Crippen LogP contribution in [0.4, 0.5) is 13.2 Å². The second kappa shape index (κ2) is 7.75. The molecule has 1 atom stereocenters. The van der Waals surface area contributed by atoms with E-state index in [4.69, 9.17) is 4.42 Å². The van der Waals surface area contributed by atoms with Crippen molar-refractivity contribution in [1.29, 1.82) is 0 Å². The first-order valence-electron chi connectivity index (χ1n) is 9.76. The molecular weight excluding hydrogens is 397 g/mol. The maximum atomic E-state index is 13.7. The van der Waals surface area contributed by atoms with Gasteiger partial charge in [-0.1, -0.05) is 42.5 Å². The smallest absolute Gasteiger partial charge is 0.421 e. The molecule has 158 valence electrons. The van der Waals surface area contributed by atoms with Crippen LogP contribution in [-0.4, -0.2) is 40.2 Å². The van der Waals surface area contributed by atoms with Gasteiger partial charge in [0.25, 0.3) is 0 Å². The molecule has 2 aromatic carbocycles. The lowest BCUT2D eigenvalue weighted by molar-refractivity contribution is -0.268. The Morgan fingerprint density at radius 1 is 1.07 bits per heavy atom. The molecule has 0 unspecified atom stereocenters. The molecular formula is C22H21F3N2O3. The zero-order valence-corrected chi connectivity index (χ0v) is 16.1. The molecule has 2 heterocycles. The number of likely N-dealkylation sites (tertiary alicyclic amines) is 1. The minimum Gasteiger partial charge on any atom is -0.440 e. The average molecular weight is 418 g/mol. The maximum absolute atomic E-state index is 13.7. The molecule has 1 N–H and O–H groups in total. The normalized spacial score (nSPS) is 17.8. The van der Waals surface area contributed by atoms with Gasteiger partial charge in [0, 0.05) is 19.0 Å². The van der Waals surface area contributed by atoms with Gasteiger partial charge in [-0.25, -0.2) is 4.98 Å². The Kier molecular flexibility index (Phi) is 5.27. The number of rotatable bonds is 4. The Morgan fingerprint density at radius 2 is 1.70 bits per heavy atom. The summed E-state index contributed by atoms with van der Waals surface area (Å²) in [5, 5.41) is 10.4. The van der Waals surface area contributed by atoms with E-state index in [0.29, 0.717) is 24.3 Å². The SMILES string of the molecule is O=C(C[C@@](O)(c1ccccc1)C(F)(F)F)N1CCC(c2nc3ccccc3o2)CC1. The standard InChI is InChI=1S/C22H21F3N2O3/c23-22(24,25)21(29,16-6-2-1-3-7-16)14-19(28)27-12-10-15(11-13-27)20-26-17-8-4-5-9-18(17)30-20/h1-9,15,29H,10-14H2/t21-/m1/s1. The number of piperidine rings is 1. The predicted molar refractivity (Wildman–Crippen MR) is 104 cm³/mol. The summed E-state index contributed by atoms with van der Waals surface area (Å²) in [6.07, 6.45) is -4.95. The number of aliphatic hydroxyl groups is 1. The number of alkyl halides is 3. The topological polar surface area (TPSA) is 66.6 Å². The van der Waals surface area contributed by atoms with Crippen LogP contribution in [0.5, 0.6) is 0 Å². The van der Waals surface area contributed by atoms with Crippen molar-refractivity contribution in [2.45, 2.75) is 37.0 Å². The maximum Gasteiger partial charge on any atom is 0.421 e. The lowest BCUT2D eigenvalue weighted by Crippen LogP contribution is -2.48. The molecule has 0 spiro atoms. The Balaban J connectivity index is 1.44. The molecule has 30 heavy (non-hydrogen) atoms. The number of halogens is 3. The molecule has 1 saturated heterocycles. The largest absolute Gasteiger partial charge is 0.440 e. The molecule has 0 bridgehead atoms. The van der Waals surface area contributed by atoms with Crippen LogP contribution in [0, 0.1) is 0 Å². The molecule has 1 fully saturated rings. The van der Waals surface area contributed by atoms with E-state index in [1.807, 2.05) is 24.3 Å². The van der Waals surface area contributed by atoms with Gasteiger partial charge in [-0.2, -0.15) is 13.2 Å². The van der Waals surface area contributed by atoms with Crippen molar-refractivity contribution < 1.29 is 27.5 Å². The summed E-state index contributed by atoms with van der Waals surface area (Å²) < 4.78 is 46.8. The number of oxazole rings is 1. The molecule has 5 nitrogen and oxygen atoms in total. The van der Waals surface area contributed by atoms with Crippen molar-refractivity contribution in [3.05, 3.63) is 66.1 Å². The summed E-state index contributed by atoms with van der Waals surface area (Å²) in [4.78, 5) is 18.5. The quantitative estimate of drug-likeness (QED) is 0.683.